The number of anilines is 3. The molecule has 0 radical (unpaired) electrons. The number of fused-ring (bicyclic) bond motifs is 1. The summed E-state index contributed by atoms with van der Waals surface area (Å²) in [7, 11) is 0. The smallest absolute Gasteiger partial charge is 0.153 e. The molecule has 3 aliphatic rings. The highest BCUT2D eigenvalue weighted by molar-refractivity contribution is 5.66. The molecule has 0 spiro atoms. The van der Waals surface area contributed by atoms with E-state index in [-0.39, 0.29) is 11.9 Å². The molecule has 4 N–H and O–H groups in total. The highest BCUT2D eigenvalue weighted by atomic mass is 19.1. The summed E-state index contributed by atoms with van der Waals surface area (Å²) in [5.41, 5.74) is 10.1. The first-order valence-corrected chi connectivity index (χ1v) is 11.0. The van der Waals surface area contributed by atoms with Crippen LogP contribution >= 0.6 is 0 Å². The fourth-order valence-corrected chi connectivity index (χ4v) is 4.71. The Balaban J connectivity index is 1.12. The summed E-state index contributed by atoms with van der Waals surface area (Å²) in [4.78, 5) is 4.26. The van der Waals surface area contributed by atoms with Crippen LogP contribution < -0.4 is 20.9 Å². The Morgan fingerprint density at radius 2 is 2.00 bits per heavy atom. The molecule has 0 bridgehead atoms. The summed E-state index contributed by atoms with van der Waals surface area (Å²) in [6.07, 6.45) is 9.36. The van der Waals surface area contributed by atoms with Gasteiger partial charge in [0, 0.05) is 41.5 Å². The van der Waals surface area contributed by atoms with Crippen LogP contribution in [0.4, 0.5) is 21.6 Å². The lowest BCUT2D eigenvalue weighted by atomic mass is 10.0. The second-order valence-corrected chi connectivity index (χ2v) is 8.70. The zero-order chi connectivity index (χ0) is 20.8. The van der Waals surface area contributed by atoms with Gasteiger partial charge in [-0.3, -0.25) is 10.1 Å². The van der Waals surface area contributed by atoms with Crippen LogP contribution in [0.15, 0.2) is 36.7 Å². The molecule has 3 heterocycles. The zero-order valence-electron chi connectivity index (χ0n) is 17.1. The van der Waals surface area contributed by atoms with Gasteiger partial charge in [-0.05, 0) is 56.2 Å². The molecule has 160 valence electrons. The number of ether oxygens (including phenoxy) is 1. The van der Waals surface area contributed by atoms with Crippen molar-refractivity contribution in [2.45, 2.75) is 56.6 Å². The molecule has 1 aromatic carbocycles. The molecule has 2 fully saturated rings. The Labute approximate surface area is 179 Å². The van der Waals surface area contributed by atoms with Gasteiger partial charge in [-0.25, -0.2) is 9.82 Å². The molecule has 0 amide bonds. The van der Waals surface area contributed by atoms with E-state index < -0.39 is 0 Å². The molecule has 0 saturated heterocycles. The highest BCUT2D eigenvalue weighted by Gasteiger charge is 2.32. The van der Waals surface area contributed by atoms with Crippen LogP contribution in [0.2, 0.25) is 0 Å². The fraction of sp³-hybridized carbons (Fsp3) is 0.391. The van der Waals surface area contributed by atoms with Crippen molar-refractivity contribution in [1.29, 1.82) is 0 Å². The lowest BCUT2D eigenvalue weighted by Gasteiger charge is -2.16. The standard InChI is InChI=1S/C23H25FN6O/c24-23-17-11-26-28-18(17)5-6-19(23)27-22-10-20(29-30-22)14-3-4-15(9-14)31-21-12-25-8-7-16(21)13-1-2-13/h5-8,10,12-15,26,28H,1-4,9,11H2,(H2,27,29,30). The lowest BCUT2D eigenvalue weighted by molar-refractivity contribution is 0.205. The zero-order valence-corrected chi connectivity index (χ0v) is 17.1. The van der Waals surface area contributed by atoms with Crippen molar-refractivity contribution in [3.8, 4) is 5.75 Å². The maximum absolute atomic E-state index is 14.7. The minimum absolute atomic E-state index is 0.181. The maximum atomic E-state index is 14.7. The molecule has 3 aromatic rings. The minimum Gasteiger partial charge on any atom is -0.488 e. The van der Waals surface area contributed by atoms with E-state index in [1.165, 1.54) is 18.4 Å². The largest absolute Gasteiger partial charge is 0.488 e. The van der Waals surface area contributed by atoms with Gasteiger partial charge in [0.2, 0.25) is 0 Å². The number of hydrogen-bond acceptors (Lipinski definition) is 6. The summed E-state index contributed by atoms with van der Waals surface area (Å²) in [5.74, 6) is 2.31. The van der Waals surface area contributed by atoms with Gasteiger partial charge < -0.3 is 15.5 Å². The van der Waals surface area contributed by atoms with Crippen LogP contribution in [0.5, 0.6) is 5.75 Å². The molecule has 8 heteroatoms. The summed E-state index contributed by atoms with van der Waals surface area (Å²) in [5, 5.41) is 10.6. The number of hydrogen-bond donors (Lipinski definition) is 4. The Hall–Kier alpha value is -3.13. The van der Waals surface area contributed by atoms with E-state index in [1.807, 2.05) is 24.5 Å². The van der Waals surface area contributed by atoms with Gasteiger partial charge in [0.25, 0.3) is 0 Å². The summed E-state index contributed by atoms with van der Waals surface area (Å²) in [6.45, 7) is 0.464. The van der Waals surface area contributed by atoms with E-state index in [1.54, 1.807) is 6.07 Å². The molecule has 2 aliphatic carbocycles. The molecule has 7 nitrogen and oxygen atoms in total. The van der Waals surface area contributed by atoms with Crippen molar-refractivity contribution in [3.05, 3.63) is 59.3 Å². The van der Waals surface area contributed by atoms with E-state index in [9.17, 15) is 4.39 Å². The summed E-state index contributed by atoms with van der Waals surface area (Å²) < 4.78 is 21.1. The second kappa shape index (κ2) is 7.53. The Kier molecular flexibility index (Phi) is 4.52. The molecule has 1 aliphatic heterocycles. The molecule has 2 aromatic heterocycles. The van der Waals surface area contributed by atoms with Crippen LogP contribution in [0, 0.1) is 5.82 Å². The first-order chi connectivity index (χ1) is 15.2. The van der Waals surface area contributed by atoms with Crippen LogP contribution in [0.3, 0.4) is 0 Å². The van der Waals surface area contributed by atoms with Crippen molar-refractivity contribution < 1.29 is 9.13 Å². The molecule has 2 unspecified atom stereocenters. The number of H-pyrrole nitrogens is 1. The van der Waals surface area contributed by atoms with Gasteiger partial charge in [-0.15, -0.1) is 0 Å². The third-order valence-corrected chi connectivity index (χ3v) is 6.54. The van der Waals surface area contributed by atoms with E-state index >= 15 is 0 Å². The monoisotopic (exact) mass is 420 g/mol. The first-order valence-electron chi connectivity index (χ1n) is 11.0. The van der Waals surface area contributed by atoms with Crippen LogP contribution in [0.1, 0.15) is 60.8 Å². The predicted molar refractivity (Wildman–Crippen MR) is 116 cm³/mol. The quantitative estimate of drug-likeness (QED) is 0.462. The summed E-state index contributed by atoms with van der Waals surface area (Å²) in [6, 6.07) is 7.67. The Morgan fingerprint density at radius 3 is 2.90 bits per heavy atom. The van der Waals surface area contributed by atoms with Crippen LogP contribution in [-0.2, 0) is 6.54 Å². The molecule has 2 saturated carbocycles. The van der Waals surface area contributed by atoms with Crippen LogP contribution in [0.25, 0.3) is 0 Å². The van der Waals surface area contributed by atoms with Gasteiger partial charge in [-0.2, -0.15) is 5.10 Å². The van der Waals surface area contributed by atoms with E-state index in [0.29, 0.717) is 35.4 Å². The lowest BCUT2D eigenvalue weighted by Crippen LogP contribution is -2.13. The normalized spacial score (nSPS) is 22.2. The highest BCUT2D eigenvalue weighted by Crippen LogP contribution is 2.45. The number of halogens is 1. The number of aromatic nitrogens is 3. The molecular weight excluding hydrogens is 395 g/mol. The van der Waals surface area contributed by atoms with E-state index in [2.05, 4.69) is 37.4 Å². The SMILES string of the molecule is Fc1c(Nc2cc(C3CCC(Oc4cnccc4C4CC4)C3)[nH]n2)ccc2c1CNN2. The van der Waals surface area contributed by atoms with Crippen molar-refractivity contribution >= 4 is 17.2 Å². The van der Waals surface area contributed by atoms with Crippen LogP contribution in [-0.4, -0.2) is 21.3 Å². The summed E-state index contributed by atoms with van der Waals surface area (Å²) >= 11 is 0. The van der Waals surface area contributed by atoms with Crippen molar-refractivity contribution in [2.24, 2.45) is 0 Å². The number of hydrazine groups is 1. The number of benzene rings is 1. The second-order valence-electron chi connectivity index (χ2n) is 8.70. The predicted octanol–water partition coefficient (Wildman–Crippen LogP) is 4.71. The number of pyridine rings is 1. The van der Waals surface area contributed by atoms with E-state index in [4.69, 9.17) is 4.74 Å². The topological polar surface area (TPSA) is 86.9 Å². The molecular formula is C23H25FN6O. The van der Waals surface area contributed by atoms with Crippen molar-refractivity contribution in [2.75, 3.05) is 10.7 Å². The number of nitrogens with one attached hydrogen (secondary N) is 4. The van der Waals surface area contributed by atoms with Gasteiger partial charge in [0.05, 0.1) is 23.7 Å². The molecule has 31 heavy (non-hydrogen) atoms. The average molecular weight is 420 g/mol. The van der Waals surface area contributed by atoms with E-state index in [0.717, 1.165) is 36.4 Å². The Bertz CT molecular complexity index is 1110. The van der Waals surface area contributed by atoms with Gasteiger partial charge in [0.15, 0.2) is 11.6 Å². The Morgan fingerprint density at radius 1 is 1.10 bits per heavy atom. The van der Waals surface area contributed by atoms with Gasteiger partial charge in [0.1, 0.15) is 5.75 Å². The number of rotatable bonds is 6. The third-order valence-electron chi connectivity index (χ3n) is 6.54. The number of nitrogens with zero attached hydrogens (tertiary/aromatic N) is 2. The van der Waals surface area contributed by atoms with Crippen molar-refractivity contribution in [3.63, 3.8) is 0 Å². The minimum atomic E-state index is -0.253. The third kappa shape index (κ3) is 3.61. The first kappa shape index (κ1) is 18.6. The van der Waals surface area contributed by atoms with Gasteiger partial charge in [-0.1, -0.05) is 0 Å². The van der Waals surface area contributed by atoms with Crippen molar-refractivity contribution in [1.82, 2.24) is 20.6 Å². The fourth-order valence-electron chi connectivity index (χ4n) is 4.71. The maximum Gasteiger partial charge on any atom is 0.153 e. The molecule has 6 rings (SSSR count). The number of aromatic amines is 1. The van der Waals surface area contributed by atoms with Gasteiger partial charge >= 0.3 is 0 Å². The molecule has 2 atom stereocenters. The average Bonchev–Trinajstić information content (AvgIpc) is 3.16.